The molecule has 2 fully saturated rings. The van der Waals surface area contributed by atoms with E-state index in [4.69, 9.17) is 5.26 Å². The molecule has 1 aliphatic heterocycles. The number of rotatable bonds is 2. The van der Waals surface area contributed by atoms with Gasteiger partial charge in [-0.25, -0.2) is 0 Å². The first kappa shape index (κ1) is 9.95. The van der Waals surface area contributed by atoms with E-state index in [9.17, 15) is 0 Å². The number of piperazine rings is 1. The van der Waals surface area contributed by atoms with Crippen LogP contribution in [-0.4, -0.2) is 48.1 Å². The first-order valence-corrected chi connectivity index (χ1v) is 5.55. The van der Waals surface area contributed by atoms with E-state index in [1.165, 1.54) is 19.4 Å². The minimum atomic E-state index is 0.448. The topological polar surface area (TPSA) is 30.3 Å². The zero-order valence-corrected chi connectivity index (χ0v) is 9.11. The van der Waals surface area contributed by atoms with Crippen LogP contribution in [0.3, 0.4) is 0 Å². The summed E-state index contributed by atoms with van der Waals surface area (Å²) in [6, 6.07) is 4.19. The smallest absolute Gasteiger partial charge is 0.0638 e. The Labute approximate surface area is 86.3 Å². The first-order valence-electron chi connectivity index (χ1n) is 5.55. The van der Waals surface area contributed by atoms with Gasteiger partial charge in [-0.05, 0) is 26.8 Å². The van der Waals surface area contributed by atoms with Crippen molar-refractivity contribution in [2.24, 2.45) is 0 Å². The van der Waals surface area contributed by atoms with Crippen molar-refractivity contribution in [2.45, 2.75) is 44.3 Å². The Bertz CT molecular complexity index is 241. The lowest BCUT2D eigenvalue weighted by Crippen LogP contribution is -2.56. The zero-order valence-electron chi connectivity index (χ0n) is 9.11. The molecule has 1 saturated heterocycles. The Balaban J connectivity index is 1.97. The van der Waals surface area contributed by atoms with Crippen LogP contribution >= 0.6 is 0 Å². The highest BCUT2D eigenvalue weighted by Gasteiger charge is 2.36. The number of nitrogens with zero attached hydrogens (tertiary/aromatic N) is 3. The summed E-state index contributed by atoms with van der Waals surface area (Å²) in [4.78, 5) is 4.94. The minimum absolute atomic E-state index is 0.448. The SMILES string of the molecule is CC1CN(C2CC2)CC(CC#N)N1C. The van der Waals surface area contributed by atoms with Gasteiger partial charge < -0.3 is 0 Å². The molecule has 2 rings (SSSR count). The maximum Gasteiger partial charge on any atom is 0.0638 e. The van der Waals surface area contributed by atoms with Gasteiger partial charge >= 0.3 is 0 Å². The van der Waals surface area contributed by atoms with Crippen molar-refractivity contribution in [1.82, 2.24) is 9.80 Å². The van der Waals surface area contributed by atoms with E-state index in [1.54, 1.807) is 0 Å². The minimum Gasteiger partial charge on any atom is -0.297 e. The molecule has 2 aliphatic rings. The summed E-state index contributed by atoms with van der Waals surface area (Å²) >= 11 is 0. The normalized spacial score (nSPS) is 35.5. The molecule has 1 aliphatic carbocycles. The van der Waals surface area contributed by atoms with Crippen molar-refractivity contribution >= 4 is 0 Å². The van der Waals surface area contributed by atoms with E-state index in [0.717, 1.165) is 12.6 Å². The Kier molecular flexibility index (Phi) is 2.76. The molecule has 0 radical (unpaired) electrons. The molecule has 0 amide bonds. The second kappa shape index (κ2) is 3.88. The standard InChI is InChI=1S/C11H19N3/c1-9-7-14(10-3-4-10)8-11(5-6-12)13(9)2/h9-11H,3-5,7-8H2,1-2H3. The van der Waals surface area contributed by atoms with Crippen molar-refractivity contribution in [1.29, 1.82) is 5.26 Å². The molecule has 1 heterocycles. The predicted octanol–water partition coefficient (Wildman–Crippen LogP) is 1.07. The molecular formula is C11H19N3. The molecule has 2 unspecified atom stereocenters. The summed E-state index contributed by atoms with van der Waals surface area (Å²) in [7, 11) is 2.15. The molecule has 3 heteroatoms. The van der Waals surface area contributed by atoms with Crippen LogP contribution in [0.2, 0.25) is 0 Å². The Morgan fingerprint density at radius 1 is 1.36 bits per heavy atom. The van der Waals surface area contributed by atoms with Gasteiger partial charge in [-0.1, -0.05) is 0 Å². The third-order valence-electron chi connectivity index (χ3n) is 3.61. The van der Waals surface area contributed by atoms with Crippen LogP contribution in [0.4, 0.5) is 0 Å². The Morgan fingerprint density at radius 2 is 2.07 bits per heavy atom. The second-order valence-corrected chi connectivity index (χ2v) is 4.72. The molecule has 1 saturated carbocycles. The van der Waals surface area contributed by atoms with Crippen LogP contribution in [0.1, 0.15) is 26.2 Å². The van der Waals surface area contributed by atoms with Gasteiger partial charge in [0, 0.05) is 31.2 Å². The fraction of sp³-hybridized carbons (Fsp3) is 0.909. The first-order chi connectivity index (χ1) is 6.72. The highest BCUT2D eigenvalue weighted by Crippen LogP contribution is 2.30. The number of hydrogen-bond acceptors (Lipinski definition) is 3. The van der Waals surface area contributed by atoms with E-state index < -0.39 is 0 Å². The van der Waals surface area contributed by atoms with Crippen LogP contribution in [0, 0.1) is 11.3 Å². The number of hydrogen-bond donors (Lipinski definition) is 0. The summed E-state index contributed by atoms with van der Waals surface area (Å²) < 4.78 is 0. The van der Waals surface area contributed by atoms with Crippen LogP contribution in [-0.2, 0) is 0 Å². The molecule has 14 heavy (non-hydrogen) atoms. The quantitative estimate of drug-likeness (QED) is 0.657. The highest BCUT2D eigenvalue weighted by molar-refractivity contribution is 4.95. The van der Waals surface area contributed by atoms with E-state index in [2.05, 4.69) is 29.8 Å². The molecule has 0 N–H and O–H groups in total. The third-order valence-corrected chi connectivity index (χ3v) is 3.61. The van der Waals surface area contributed by atoms with Crippen LogP contribution in [0.15, 0.2) is 0 Å². The van der Waals surface area contributed by atoms with E-state index >= 15 is 0 Å². The summed E-state index contributed by atoms with van der Waals surface area (Å²) in [5.41, 5.74) is 0. The van der Waals surface area contributed by atoms with Gasteiger partial charge in [0.25, 0.3) is 0 Å². The van der Waals surface area contributed by atoms with Gasteiger partial charge in [-0.2, -0.15) is 5.26 Å². The second-order valence-electron chi connectivity index (χ2n) is 4.72. The molecule has 0 aromatic rings. The van der Waals surface area contributed by atoms with Gasteiger partial charge in [-0.15, -0.1) is 0 Å². The lowest BCUT2D eigenvalue weighted by atomic mass is 10.1. The van der Waals surface area contributed by atoms with Crippen LogP contribution in [0.5, 0.6) is 0 Å². The van der Waals surface area contributed by atoms with Gasteiger partial charge in [0.2, 0.25) is 0 Å². The summed E-state index contributed by atoms with van der Waals surface area (Å²) in [5.74, 6) is 0. The van der Waals surface area contributed by atoms with Crippen molar-refractivity contribution in [3.05, 3.63) is 0 Å². The van der Waals surface area contributed by atoms with E-state index in [-0.39, 0.29) is 0 Å². The highest BCUT2D eigenvalue weighted by atomic mass is 15.3. The summed E-state index contributed by atoms with van der Waals surface area (Å²) in [5, 5.41) is 8.77. The fourth-order valence-electron chi connectivity index (χ4n) is 2.35. The van der Waals surface area contributed by atoms with Gasteiger partial charge in [0.05, 0.1) is 12.5 Å². The fourth-order valence-corrected chi connectivity index (χ4v) is 2.35. The average Bonchev–Trinajstić information content (AvgIpc) is 2.96. The van der Waals surface area contributed by atoms with Crippen molar-refractivity contribution in [3.63, 3.8) is 0 Å². The predicted molar refractivity (Wildman–Crippen MR) is 55.8 cm³/mol. The van der Waals surface area contributed by atoms with Crippen molar-refractivity contribution in [2.75, 3.05) is 20.1 Å². The average molecular weight is 193 g/mol. The lowest BCUT2D eigenvalue weighted by Gasteiger charge is -2.43. The van der Waals surface area contributed by atoms with Crippen LogP contribution in [0.25, 0.3) is 0 Å². The zero-order chi connectivity index (χ0) is 10.1. The number of likely N-dealkylation sites (N-methyl/N-ethyl adjacent to an activating group) is 1. The molecule has 0 aromatic heterocycles. The maximum atomic E-state index is 8.77. The summed E-state index contributed by atoms with van der Waals surface area (Å²) in [6.07, 6.45) is 3.41. The molecule has 78 valence electrons. The van der Waals surface area contributed by atoms with Crippen molar-refractivity contribution < 1.29 is 0 Å². The molecule has 0 aromatic carbocycles. The third kappa shape index (κ3) is 1.92. The van der Waals surface area contributed by atoms with E-state index in [1.807, 2.05) is 0 Å². The molecule has 2 atom stereocenters. The van der Waals surface area contributed by atoms with Gasteiger partial charge in [-0.3, -0.25) is 9.80 Å². The monoisotopic (exact) mass is 193 g/mol. The molecule has 0 bridgehead atoms. The Hall–Kier alpha value is -0.590. The van der Waals surface area contributed by atoms with Gasteiger partial charge in [0.15, 0.2) is 0 Å². The lowest BCUT2D eigenvalue weighted by molar-refractivity contribution is 0.0490. The van der Waals surface area contributed by atoms with E-state index in [0.29, 0.717) is 18.5 Å². The van der Waals surface area contributed by atoms with Gasteiger partial charge in [0.1, 0.15) is 0 Å². The largest absolute Gasteiger partial charge is 0.297 e. The Morgan fingerprint density at radius 3 is 2.64 bits per heavy atom. The molecular weight excluding hydrogens is 174 g/mol. The molecule has 0 spiro atoms. The maximum absolute atomic E-state index is 8.77. The molecule has 3 nitrogen and oxygen atoms in total. The summed E-state index contributed by atoms with van der Waals surface area (Å²) in [6.45, 7) is 4.54. The number of nitriles is 1. The van der Waals surface area contributed by atoms with Crippen molar-refractivity contribution in [3.8, 4) is 6.07 Å². The van der Waals surface area contributed by atoms with Crippen LogP contribution < -0.4 is 0 Å².